The molecular weight excluding hydrogens is 376 g/mol. The van der Waals surface area contributed by atoms with E-state index in [9.17, 15) is 24.3 Å². The van der Waals surface area contributed by atoms with Crippen molar-refractivity contribution in [3.05, 3.63) is 30.3 Å². The molecule has 2 amide bonds. The highest BCUT2D eigenvalue weighted by molar-refractivity contribution is 8.00. The number of aliphatic carboxylic acids is 1. The predicted octanol–water partition coefficient (Wildman–Crippen LogP) is -0.191. The van der Waals surface area contributed by atoms with Crippen LogP contribution in [0.1, 0.15) is 6.42 Å². The minimum Gasteiger partial charge on any atom is -0.484 e. The Bertz CT molecular complexity index is 817. The van der Waals surface area contributed by atoms with Crippen molar-refractivity contribution in [3.63, 3.8) is 0 Å². The lowest BCUT2D eigenvalue weighted by molar-refractivity contribution is -0.216. The molecule has 0 bridgehead atoms. The summed E-state index contributed by atoms with van der Waals surface area (Å²) in [4.78, 5) is 49.3. The number of hydrogen-bond donors (Lipinski definition) is 2. The molecule has 3 aliphatic rings. The molecule has 0 saturated carbocycles. The maximum absolute atomic E-state index is 12.6. The molecule has 9 nitrogen and oxygen atoms in total. The molecule has 0 unspecified atom stereocenters. The number of nitrogens with one attached hydrogen (secondary N) is 1. The molecule has 3 fully saturated rings. The summed E-state index contributed by atoms with van der Waals surface area (Å²) in [6, 6.07) is 7.87. The van der Waals surface area contributed by atoms with Gasteiger partial charge in [0.1, 0.15) is 17.2 Å². The van der Waals surface area contributed by atoms with Gasteiger partial charge in [-0.1, -0.05) is 18.2 Å². The van der Waals surface area contributed by atoms with Gasteiger partial charge in [-0.05, 0) is 12.1 Å². The van der Waals surface area contributed by atoms with Gasteiger partial charge in [-0.2, -0.15) is 0 Å². The van der Waals surface area contributed by atoms with E-state index in [0.717, 1.165) is 4.90 Å². The summed E-state index contributed by atoms with van der Waals surface area (Å²) in [7, 11) is 0. The molecular formula is C17H16N2O7S. The number of carboxylic acids is 1. The number of benzene rings is 1. The average Bonchev–Trinajstić information content (AvgIpc) is 3.00. The van der Waals surface area contributed by atoms with E-state index in [1.165, 1.54) is 11.8 Å². The molecule has 4 rings (SSSR count). The van der Waals surface area contributed by atoms with Crippen molar-refractivity contribution in [3.8, 4) is 5.75 Å². The summed E-state index contributed by atoms with van der Waals surface area (Å²) in [6.07, 6.45) is -0.0439. The fourth-order valence-electron chi connectivity index (χ4n) is 3.59. The molecule has 142 valence electrons. The molecule has 10 heteroatoms. The Morgan fingerprint density at radius 2 is 2.07 bits per heavy atom. The first-order valence-corrected chi connectivity index (χ1v) is 9.35. The largest absolute Gasteiger partial charge is 0.484 e. The third-order valence-corrected chi connectivity index (χ3v) is 6.26. The molecule has 0 aromatic heterocycles. The zero-order valence-electron chi connectivity index (χ0n) is 14.0. The standard InChI is InChI=1S/C17H16N2O7S/c20-11(7-25-10-4-2-1-3-5-10)18-13-14(22)19-15(13)27-8-9-6-12(21)26-17(9,19)16(23)24/h1-5,9,13,15H,6-8H2,(H,18,20)(H,23,24)/t9-,13+,15+,17+/m0/s1. The Balaban J connectivity index is 1.42. The Labute approximate surface area is 158 Å². The summed E-state index contributed by atoms with van der Waals surface area (Å²) < 4.78 is 10.4. The number of para-hydroxylation sites is 1. The fourth-order valence-corrected chi connectivity index (χ4v) is 5.15. The first-order chi connectivity index (χ1) is 12.9. The van der Waals surface area contributed by atoms with Crippen LogP contribution in [-0.2, 0) is 23.9 Å². The molecule has 1 aromatic carbocycles. The van der Waals surface area contributed by atoms with Gasteiger partial charge in [0.25, 0.3) is 17.5 Å². The molecule has 3 saturated heterocycles. The highest BCUT2D eigenvalue weighted by Crippen LogP contribution is 2.51. The van der Waals surface area contributed by atoms with Gasteiger partial charge in [0.05, 0.1) is 6.42 Å². The van der Waals surface area contributed by atoms with E-state index in [1.54, 1.807) is 24.3 Å². The first kappa shape index (κ1) is 17.7. The molecule has 1 aromatic rings. The van der Waals surface area contributed by atoms with Crippen molar-refractivity contribution in [1.29, 1.82) is 0 Å². The number of thioether (sulfide) groups is 1. The predicted molar refractivity (Wildman–Crippen MR) is 91.5 cm³/mol. The number of hydrogen-bond acceptors (Lipinski definition) is 7. The van der Waals surface area contributed by atoms with Gasteiger partial charge in [-0.3, -0.25) is 19.3 Å². The first-order valence-electron chi connectivity index (χ1n) is 8.30. The van der Waals surface area contributed by atoms with Crippen molar-refractivity contribution in [2.24, 2.45) is 5.92 Å². The number of β-lactam (4-membered cyclic amide) rings is 1. The van der Waals surface area contributed by atoms with Crippen LogP contribution in [0.4, 0.5) is 0 Å². The molecule has 2 N–H and O–H groups in total. The van der Waals surface area contributed by atoms with Crippen LogP contribution in [-0.4, -0.2) is 63.3 Å². The van der Waals surface area contributed by atoms with Gasteiger partial charge in [0.2, 0.25) is 0 Å². The monoisotopic (exact) mass is 392 g/mol. The van der Waals surface area contributed by atoms with Gasteiger partial charge in [-0.15, -0.1) is 11.8 Å². The van der Waals surface area contributed by atoms with Crippen LogP contribution in [0.5, 0.6) is 5.75 Å². The second-order valence-electron chi connectivity index (χ2n) is 6.46. The van der Waals surface area contributed by atoms with Crippen molar-refractivity contribution in [2.45, 2.75) is 23.6 Å². The van der Waals surface area contributed by atoms with E-state index in [2.05, 4.69) is 5.32 Å². The average molecular weight is 392 g/mol. The van der Waals surface area contributed by atoms with Gasteiger partial charge in [0.15, 0.2) is 6.61 Å². The highest BCUT2D eigenvalue weighted by Gasteiger charge is 2.71. The lowest BCUT2D eigenvalue weighted by atomic mass is 9.89. The quantitative estimate of drug-likeness (QED) is 0.522. The second-order valence-corrected chi connectivity index (χ2v) is 7.61. The molecule has 3 aliphatic heterocycles. The third-order valence-electron chi connectivity index (χ3n) is 4.84. The van der Waals surface area contributed by atoms with Crippen molar-refractivity contribution in [1.82, 2.24) is 10.2 Å². The molecule has 0 radical (unpaired) electrons. The Morgan fingerprint density at radius 3 is 2.78 bits per heavy atom. The maximum atomic E-state index is 12.6. The number of carbonyl (C=O) groups excluding carboxylic acids is 3. The van der Waals surface area contributed by atoms with Gasteiger partial charge >= 0.3 is 11.9 Å². The van der Waals surface area contributed by atoms with E-state index in [-0.39, 0.29) is 13.0 Å². The minimum absolute atomic E-state index is 0.0439. The summed E-state index contributed by atoms with van der Waals surface area (Å²) in [6.45, 7) is -0.271. The number of rotatable bonds is 5. The van der Waals surface area contributed by atoms with Crippen LogP contribution >= 0.6 is 11.8 Å². The molecule has 27 heavy (non-hydrogen) atoms. The van der Waals surface area contributed by atoms with E-state index >= 15 is 0 Å². The normalized spacial score (nSPS) is 31.3. The second kappa shape index (κ2) is 6.45. The Morgan fingerprint density at radius 1 is 1.33 bits per heavy atom. The molecule has 3 heterocycles. The summed E-state index contributed by atoms with van der Waals surface area (Å²) in [5.41, 5.74) is -1.97. The van der Waals surface area contributed by atoms with Crippen LogP contribution < -0.4 is 10.1 Å². The Kier molecular flexibility index (Phi) is 4.22. The summed E-state index contributed by atoms with van der Waals surface area (Å²) in [5.74, 6) is -2.82. The fraction of sp³-hybridized carbons (Fsp3) is 0.412. The zero-order chi connectivity index (χ0) is 19.2. The van der Waals surface area contributed by atoms with Gasteiger partial charge in [0, 0.05) is 11.7 Å². The lowest BCUT2D eigenvalue weighted by Gasteiger charge is -2.56. The van der Waals surface area contributed by atoms with Crippen molar-refractivity contribution < 1.29 is 33.8 Å². The van der Waals surface area contributed by atoms with Crippen LogP contribution in [0.3, 0.4) is 0 Å². The number of ether oxygens (including phenoxy) is 2. The maximum Gasteiger partial charge on any atom is 0.370 e. The van der Waals surface area contributed by atoms with Crippen molar-refractivity contribution >= 4 is 35.5 Å². The smallest absolute Gasteiger partial charge is 0.370 e. The number of amides is 2. The summed E-state index contributed by atoms with van der Waals surface area (Å²) >= 11 is 1.33. The third kappa shape index (κ3) is 2.71. The van der Waals surface area contributed by atoms with Gasteiger partial charge in [-0.25, -0.2) is 4.79 Å². The van der Waals surface area contributed by atoms with E-state index in [4.69, 9.17) is 9.47 Å². The summed E-state index contributed by atoms with van der Waals surface area (Å²) in [5, 5.41) is 11.6. The SMILES string of the molecule is O=C(COc1ccccc1)N[C@@H]1C(=O)N2[C@@H]1SC[C@@H]1CC(=O)O[C@@]12C(=O)O. The Hall–Kier alpha value is -2.75. The number of carbonyl (C=O) groups is 4. The van der Waals surface area contributed by atoms with E-state index in [1.807, 2.05) is 6.07 Å². The van der Waals surface area contributed by atoms with E-state index < -0.39 is 46.8 Å². The number of nitrogens with zero attached hydrogens (tertiary/aromatic N) is 1. The van der Waals surface area contributed by atoms with Crippen LogP contribution in [0.2, 0.25) is 0 Å². The number of esters is 1. The van der Waals surface area contributed by atoms with E-state index in [0.29, 0.717) is 11.5 Å². The highest BCUT2D eigenvalue weighted by atomic mass is 32.2. The topological polar surface area (TPSA) is 122 Å². The van der Waals surface area contributed by atoms with Crippen LogP contribution in [0.25, 0.3) is 0 Å². The number of carboxylic acid groups (broad SMARTS) is 1. The molecule has 0 spiro atoms. The minimum atomic E-state index is -1.97. The lowest BCUT2D eigenvalue weighted by Crippen LogP contribution is -2.80. The zero-order valence-corrected chi connectivity index (χ0v) is 14.8. The molecule has 0 aliphatic carbocycles. The van der Waals surface area contributed by atoms with Gasteiger partial charge < -0.3 is 19.9 Å². The van der Waals surface area contributed by atoms with Crippen LogP contribution in [0.15, 0.2) is 30.3 Å². The number of fused-ring (bicyclic) bond motifs is 3. The molecule has 4 atom stereocenters. The van der Waals surface area contributed by atoms with Crippen LogP contribution in [0, 0.1) is 5.92 Å². The van der Waals surface area contributed by atoms with Crippen molar-refractivity contribution in [2.75, 3.05) is 12.4 Å².